The molecule has 3 rings (SSSR count). The standard InChI is InChI=1S/C17H18F4N4O/c1-17(20,21)8-26-15(23)4-9(7-22)16-24-13-5-11(18)12(19)6-14(13)25(16)10-2-3-10/h4-7,10H,2-3,8,22-23H2,1H3/b9-7+,15-4+. The maximum atomic E-state index is 13.6. The Labute approximate surface area is 146 Å². The number of hydrogen-bond donors (Lipinski definition) is 2. The van der Waals surface area contributed by atoms with Gasteiger partial charge in [0.1, 0.15) is 5.82 Å². The van der Waals surface area contributed by atoms with Crippen molar-refractivity contribution in [1.29, 1.82) is 0 Å². The minimum Gasteiger partial charge on any atom is -0.473 e. The lowest BCUT2D eigenvalue weighted by Gasteiger charge is -2.13. The fourth-order valence-corrected chi connectivity index (χ4v) is 2.59. The van der Waals surface area contributed by atoms with E-state index in [1.54, 1.807) is 4.57 Å². The van der Waals surface area contributed by atoms with E-state index in [2.05, 4.69) is 4.98 Å². The zero-order valence-electron chi connectivity index (χ0n) is 14.0. The van der Waals surface area contributed by atoms with Crippen LogP contribution >= 0.6 is 0 Å². The Morgan fingerprint density at radius 2 is 2.00 bits per heavy atom. The number of ether oxygens (including phenoxy) is 1. The van der Waals surface area contributed by atoms with Crippen molar-refractivity contribution in [3.63, 3.8) is 0 Å². The molecule has 4 N–H and O–H groups in total. The number of nitrogens with two attached hydrogens (primary N) is 2. The van der Waals surface area contributed by atoms with E-state index in [1.807, 2.05) is 0 Å². The third kappa shape index (κ3) is 3.76. The predicted molar refractivity (Wildman–Crippen MR) is 88.9 cm³/mol. The molecule has 0 radical (unpaired) electrons. The van der Waals surface area contributed by atoms with Gasteiger partial charge in [-0.25, -0.2) is 22.5 Å². The molecule has 1 heterocycles. The third-order valence-corrected chi connectivity index (χ3v) is 3.87. The van der Waals surface area contributed by atoms with E-state index >= 15 is 0 Å². The zero-order chi connectivity index (χ0) is 19.1. The van der Waals surface area contributed by atoms with Crippen molar-refractivity contribution in [1.82, 2.24) is 9.55 Å². The largest absolute Gasteiger partial charge is 0.473 e. The first-order chi connectivity index (χ1) is 12.2. The number of hydrogen-bond acceptors (Lipinski definition) is 4. The molecule has 1 aliphatic rings. The van der Waals surface area contributed by atoms with Crippen molar-refractivity contribution in [2.75, 3.05) is 6.61 Å². The number of aromatic nitrogens is 2. The molecule has 26 heavy (non-hydrogen) atoms. The second kappa shape index (κ2) is 6.54. The van der Waals surface area contributed by atoms with Crippen LogP contribution in [0.1, 0.15) is 31.6 Å². The number of rotatable bonds is 6. The van der Waals surface area contributed by atoms with Gasteiger partial charge in [-0.3, -0.25) is 0 Å². The Morgan fingerprint density at radius 3 is 2.58 bits per heavy atom. The van der Waals surface area contributed by atoms with Gasteiger partial charge in [0.05, 0.1) is 11.0 Å². The van der Waals surface area contributed by atoms with Crippen LogP contribution in [-0.4, -0.2) is 22.1 Å². The van der Waals surface area contributed by atoms with Crippen molar-refractivity contribution in [3.8, 4) is 0 Å². The molecule has 0 amide bonds. The number of nitrogens with zero attached hydrogens (tertiary/aromatic N) is 2. The Morgan fingerprint density at radius 1 is 1.35 bits per heavy atom. The molecule has 140 valence electrons. The summed E-state index contributed by atoms with van der Waals surface area (Å²) in [5.41, 5.74) is 12.3. The highest BCUT2D eigenvalue weighted by molar-refractivity contribution is 5.82. The topological polar surface area (TPSA) is 79.1 Å². The van der Waals surface area contributed by atoms with Gasteiger partial charge in [0.25, 0.3) is 5.92 Å². The van der Waals surface area contributed by atoms with E-state index in [-0.39, 0.29) is 17.4 Å². The van der Waals surface area contributed by atoms with Gasteiger partial charge in [-0.15, -0.1) is 0 Å². The van der Waals surface area contributed by atoms with Crippen LogP contribution < -0.4 is 11.5 Å². The lowest BCUT2D eigenvalue weighted by atomic mass is 10.2. The number of fused-ring (bicyclic) bond motifs is 1. The Kier molecular flexibility index (Phi) is 4.55. The molecule has 2 aromatic rings. The van der Waals surface area contributed by atoms with E-state index in [4.69, 9.17) is 16.2 Å². The first-order valence-electron chi connectivity index (χ1n) is 7.96. The monoisotopic (exact) mass is 370 g/mol. The molecule has 0 saturated heterocycles. The van der Waals surface area contributed by atoms with Crippen LogP contribution in [0.3, 0.4) is 0 Å². The van der Waals surface area contributed by atoms with Gasteiger partial charge >= 0.3 is 0 Å². The average molecular weight is 370 g/mol. The van der Waals surface area contributed by atoms with Crippen LogP contribution in [-0.2, 0) is 4.74 Å². The van der Waals surface area contributed by atoms with E-state index in [1.165, 1.54) is 12.3 Å². The van der Waals surface area contributed by atoms with Gasteiger partial charge in [0.2, 0.25) is 0 Å². The van der Waals surface area contributed by atoms with Gasteiger partial charge < -0.3 is 20.8 Å². The van der Waals surface area contributed by atoms with Crippen molar-refractivity contribution in [3.05, 3.63) is 47.8 Å². The highest BCUT2D eigenvalue weighted by Crippen LogP contribution is 2.40. The molecule has 1 aromatic carbocycles. The summed E-state index contributed by atoms with van der Waals surface area (Å²) in [6.07, 6.45) is 4.16. The molecule has 0 bridgehead atoms. The average Bonchev–Trinajstić information content (AvgIpc) is 3.33. The van der Waals surface area contributed by atoms with Crippen molar-refractivity contribution < 1.29 is 22.3 Å². The summed E-state index contributed by atoms with van der Waals surface area (Å²) in [7, 11) is 0. The summed E-state index contributed by atoms with van der Waals surface area (Å²) >= 11 is 0. The van der Waals surface area contributed by atoms with Gasteiger partial charge in [-0.05, 0) is 12.8 Å². The van der Waals surface area contributed by atoms with E-state index in [0.717, 1.165) is 25.0 Å². The van der Waals surface area contributed by atoms with Gasteiger partial charge in [-0.2, -0.15) is 0 Å². The number of alkyl halides is 2. The first kappa shape index (κ1) is 18.1. The highest BCUT2D eigenvalue weighted by Gasteiger charge is 2.30. The summed E-state index contributed by atoms with van der Waals surface area (Å²) < 4.78 is 59.5. The van der Waals surface area contributed by atoms with Gasteiger partial charge in [0.15, 0.2) is 24.1 Å². The molecular formula is C17H18F4N4O. The van der Waals surface area contributed by atoms with Gasteiger partial charge in [0, 0.05) is 42.9 Å². The van der Waals surface area contributed by atoms with Crippen LogP contribution in [0.15, 0.2) is 30.3 Å². The summed E-state index contributed by atoms with van der Waals surface area (Å²) in [4.78, 5) is 4.31. The van der Waals surface area contributed by atoms with E-state index < -0.39 is 24.2 Å². The Balaban J connectivity index is 2.01. The predicted octanol–water partition coefficient (Wildman–Crippen LogP) is 3.42. The maximum absolute atomic E-state index is 13.6. The normalized spacial score (nSPS) is 16.3. The smallest absolute Gasteiger partial charge is 0.278 e. The minimum absolute atomic E-state index is 0.0744. The summed E-state index contributed by atoms with van der Waals surface area (Å²) in [5, 5.41) is 0. The minimum atomic E-state index is -3.04. The molecule has 0 atom stereocenters. The molecule has 1 fully saturated rings. The van der Waals surface area contributed by atoms with Gasteiger partial charge in [-0.1, -0.05) is 0 Å². The quantitative estimate of drug-likeness (QED) is 0.464. The van der Waals surface area contributed by atoms with Crippen LogP contribution in [0.25, 0.3) is 16.6 Å². The molecule has 9 heteroatoms. The lowest BCUT2D eigenvalue weighted by molar-refractivity contribution is -0.0442. The van der Waals surface area contributed by atoms with Crippen molar-refractivity contribution >= 4 is 16.6 Å². The molecule has 0 unspecified atom stereocenters. The summed E-state index contributed by atoms with van der Waals surface area (Å²) in [5.74, 6) is -4.96. The third-order valence-electron chi connectivity index (χ3n) is 3.87. The molecule has 1 aromatic heterocycles. The van der Waals surface area contributed by atoms with Crippen molar-refractivity contribution in [2.24, 2.45) is 11.5 Å². The molecule has 1 saturated carbocycles. The van der Waals surface area contributed by atoms with Crippen molar-refractivity contribution in [2.45, 2.75) is 31.7 Å². The zero-order valence-corrected chi connectivity index (χ0v) is 14.0. The number of allylic oxidation sites excluding steroid dienone is 2. The molecule has 1 aliphatic carbocycles. The molecular weight excluding hydrogens is 352 g/mol. The Hall–Kier alpha value is -2.71. The molecule has 0 spiro atoms. The first-order valence-corrected chi connectivity index (χ1v) is 7.96. The van der Waals surface area contributed by atoms with E-state index in [0.29, 0.717) is 23.8 Å². The summed E-state index contributed by atoms with van der Waals surface area (Å²) in [6.45, 7) is -0.182. The van der Waals surface area contributed by atoms with Crippen LogP contribution in [0.5, 0.6) is 0 Å². The SMILES string of the molecule is CC(F)(F)CO/C(N)=C/C(=C\N)c1nc2cc(F)c(F)cc2n1C1CC1. The fraction of sp³-hybridized carbons (Fsp3) is 0.353. The number of benzene rings is 1. The van der Waals surface area contributed by atoms with Crippen LogP contribution in [0, 0.1) is 11.6 Å². The fourth-order valence-electron chi connectivity index (χ4n) is 2.59. The van der Waals surface area contributed by atoms with E-state index in [9.17, 15) is 17.6 Å². The number of imidazole rings is 1. The second-order valence-electron chi connectivity index (χ2n) is 6.32. The highest BCUT2D eigenvalue weighted by atomic mass is 19.3. The molecule has 5 nitrogen and oxygen atoms in total. The molecule has 0 aliphatic heterocycles. The second-order valence-corrected chi connectivity index (χ2v) is 6.32. The maximum Gasteiger partial charge on any atom is 0.278 e. The van der Waals surface area contributed by atoms with Crippen LogP contribution in [0.2, 0.25) is 0 Å². The lowest BCUT2D eigenvalue weighted by Crippen LogP contribution is -2.20. The van der Waals surface area contributed by atoms with Crippen LogP contribution in [0.4, 0.5) is 17.6 Å². The Bertz CT molecular complexity index is 894. The number of halogens is 4. The summed E-state index contributed by atoms with van der Waals surface area (Å²) in [6, 6.07) is 2.15.